The van der Waals surface area contributed by atoms with Gasteiger partial charge in [-0.25, -0.2) is 4.79 Å². The maximum absolute atomic E-state index is 11.4. The molecule has 4 nitrogen and oxygen atoms in total. The molecule has 17 heavy (non-hydrogen) atoms. The first kappa shape index (κ1) is 11.3. The highest BCUT2D eigenvalue weighted by Crippen LogP contribution is 2.24. The van der Waals surface area contributed by atoms with Gasteiger partial charge in [-0.15, -0.1) is 0 Å². The molecule has 2 rings (SSSR count). The number of benzene rings is 2. The average Bonchev–Trinajstić information content (AvgIpc) is 2.36. The summed E-state index contributed by atoms with van der Waals surface area (Å²) in [5.41, 5.74) is 0.745. The molecule has 4 heteroatoms. The Balaban J connectivity index is 2.44. The van der Waals surface area contributed by atoms with Gasteiger partial charge in [-0.2, -0.15) is 0 Å². The van der Waals surface area contributed by atoms with Crippen molar-refractivity contribution in [1.82, 2.24) is 0 Å². The van der Waals surface area contributed by atoms with Gasteiger partial charge >= 0.3 is 6.09 Å². The third-order valence-corrected chi connectivity index (χ3v) is 2.64. The van der Waals surface area contributed by atoms with Crippen molar-refractivity contribution in [3.05, 3.63) is 36.4 Å². The van der Waals surface area contributed by atoms with Crippen molar-refractivity contribution >= 4 is 22.6 Å². The second kappa shape index (κ2) is 4.33. The summed E-state index contributed by atoms with van der Waals surface area (Å²) in [7, 11) is 2.99. The van der Waals surface area contributed by atoms with Crippen LogP contribution in [0.1, 0.15) is 0 Å². The van der Waals surface area contributed by atoms with Crippen molar-refractivity contribution < 1.29 is 14.6 Å². The highest BCUT2D eigenvalue weighted by Gasteiger charge is 2.10. The molecule has 0 aliphatic carbocycles. The molecule has 0 aliphatic heterocycles. The van der Waals surface area contributed by atoms with E-state index in [1.165, 1.54) is 12.0 Å². The van der Waals surface area contributed by atoms with Crippen LogP contribution in [-0.2, 0) is 4.74 Å². The number of rotatable bonds is 1. The van der Waals surface area contributed by atoms with E-state index in [2.05, 4.69) is 4.74 Å². The van der Waals surface area contributed by atoms with E-state index in [-0.39, 0.29) is 5.75 Å². The Kier molecular flexibility index (Phi) is 2.87. The summed E-state index contributed by atoms with van der Waals surface area (Å²) in [6.45, 7) is 0. The van der Waals surface area contributed by atoms with Crippen LogP contribution in [-0.4, -0.2) is 25.4 Å². The Bertz CT molecular complexity index is 566. The fourth-order valence-electron chi connectivity index (χ4n) is 1.67. The van der Waals surface area contributed by atoms with E-state index in [4.69, 9.17) is 0 Å². The monoisotopic (exact) mass is 231 g/mol. The van der Waals surface area contributed by atoms with Gasteiger partial charge in [-0.05, 0) is 35.0 Å². The van der Waals surface area contributed by atoms with Gasteiger partial charge in [0.1, 0.15) is 5.75 Å². The van der Waals surface area contributed by atoms with E-state index in [1.54, 1.807) is 31.3 Å². The second-order valence-electron chi connectivity index (χ2n) is 3.74. The number of phenols is 1. The third kappa shape index (κ3) is 2.15. The molecule has 0 bridgehead atoms. The molecule has 0 atom stereocenters. The molecule has 0 aromatic heterocycles. The first-order chi connectivity index (χ1) is 8.11. The lowest BCUT2D eigenvalue weighted by molar-refractivity contribution is 0.180. The van der Waals surface area contributed by atoms with Crippen LogP contribution in [0, 0.1) is 0 Å². The average molecular weight is 231 g/mol. The molecule has 0 unspecified atom stereocenters. The Labute approximate surface area is 99.0 Å². The lowest BCUT2D eigenvalue weighted by Gasteiger charge is -2.16. The van der Waals surface area contributed by atoms with E-state index < -0.39 is 6.09 Å². The highest BCUT2D eigenvalue weighted by molar-refractivity contribution is 5.92. The summed E-state index contributed by atoms with van der Waals surface area (Å²) in [5, 5.41) is 11.2. The molecular weight excluding hydrogens is 218 g/mol. The maximum Gasteiger partial charge on any atom is 0.413 e. The number of hydrogen-bond donors (Lipinski definition) is 1. The first-order valence-corrected chi connectivity index (χ1v) is 5.16. The van der Waals surface area contributed by atoms with Crippen molar-refractivity contribution in [2.75, 3.05) is 19.1 Å². The predicted molar refractivity (Wildman–Crippen MR) is 66.4 cm³/mol. The fraction of sp³-hybridized carbons (Fsp3) is 0.154. The third-order valence-electron chi connectivity index (χ3n) is 2.64. The van der Waals surface area contributed by atoms with Gasteiger partial charge in [-0.1, -0.05) is 12.1 Å². The van der Waals surface area contributed by atoms with Crippen LogP contribution in [0.4, 0.5) is 10.5 Å². The topological polar surface area (TPSA) is 49.8 Å². The summed E-state index contributed by atoms with van der Waals surface area (Å²) in [4.78, 5) is 12.8. The van der Waals surface area contributed by atoms with Crippen LogP contribution in [0.25, 0.3) is 10.8 Å². The molecule has 0 heterocycles. The highest BCUT2D eigenvalue weighted by atomic mass is 16.5. The van der Waals surface area contributed by atoms with E-state index >= 15 is 0 Å². The van der Waals surface area contributed by atoms with Crippen molar-refractivity contribution in [2.24, 2.45) is 0 Å². The Morgan fingerprint density at radius 3 is 2.53 bits per heavy atom. The number of fused-ring (bicyclic) bond motifs is 1. The number of ether oxygens (including phenoxy) is 1. The second-order valence-corrected chi connectivity index (χ2v) is 3.74. The summed E-state index contributed by atoms with van der Waals surface area (Å²) >= 11 is 0. The van der Waals surface area contributed by atoms with Crippen LogP contribution in [0.3, 0.4) is 0 Å². The van der Waals surface area contributed by atoms with Gasteiger partial charge in [-0.3, -0.25) is 4.90 Å². The number of amides is 1. The zero-order valence-electron chi connectivity index (χ0n) is 9.68. The molecule has 1 N–H and O–H groups in total. The van der Waals surface area contributed by atoms with Gasteiger partial charge in [0.2, 0.25) is 0 Å². The molecule has 0 radical (unpaired) electrons. The molecule has 0 saturated carbocycles. The summed E-state index contributed by atoms with van der Waals surface area (Å²) in [6.07, 6.45) is -0.414. The van der Waals surface area contributed by atoms with Gasteiger partial charge in [0, 0.05) is 12.7 Å². The number of aromatic hydroxyl groups is 1. The zero-order chi connectivity index (χ0) is 12.4. The Morgan fingerprint density at radius 2 is 1.82 bits per heavy atom. The van der Waals surface area contributed by atoms with Crippen molar-refractivity contribution in [1.29, 1.82) is 0 Å². The number of carbonyl (C=O) groups excluding carboxylic acids is 1. The smallest absolute Gasteiger partial charge is 0.413 e. The molecule has 1 amide bonds. The van der Waals surface area contributed by atoms with Crippen LogP contribution in [0.2, 0.25) is 0 Å². The van der Waals surface area contributed by atoms with Gasteiger partial charge < -0.3 is 9.84 Å². The Morgan fingerprint density at radius 1 is 1.18 bits per heavy atom. The minimum absolute atomic E-state index is 0.228. The van der Waals surface area contributed by atoms with Gasteiger partial charge in [0.25, 0.3) is 0 Å². The number of anilines is 1. The number of hydrogen-bond acceptors (Lipinski definition) is 3. The number of phenolic OH excluding ortho intramolecular Hbond substituents is 1. The summed E-state index contributed by atoms with van der Waals surface area (Å²) < 4.78 is 4.64. The first-order valence-electron chi connectivity index (χ1n) is 5.16. The predicted octanol–water partition coefficient (Wildman–Crippen LogP) is 2.75. The van der Waals surface area contributed by atoms with Crippen molar-refractivity contribution in [3.8, 4) is 5.75 Å². The van der Waals surface area contributed by atoms with Gasteiger partial charge in [0.05, 0.1) is 7.11 Å². The number of carbonyl (C=O) groups is 1. The lowest BCUT2D eigenvalue weighted by Crippen LogP contribution is -2.25. The van der Waals surface area contributed by atoms with Crippen LogP contribution in [0.15, 0.2) is 36.4 Å². The fourth-order valence-corrected chi connectivity index (χ4v) is 1.67. The molecule has 88 valence electrons. The molecule has 0 saturated heterocycles. The quantitative estimate of drug-likeness (QED) is 0.821. The van der Waals surface area contributed by atoms with E-state index in [9.17, 15) is 9.90 Å². The molecule has 2 aromatic rings. The number of nitrogens with zero attached hydrogens (tertiary/aromatic N) is 1. The minimum Gasteiger partial charge on any atom is -0.508 e. The normalized spacial score (nSPS) is 10.2. The minimum atomic E-state index is -0.414. The molecule has 2 aromatic carbocycles. The van der Waals surface area contributed by atoms with Crippen molar-refractivity contribution in [3.63, 3.8) is 0 Å². The van der Waals surface area contributed by atoms with Gasteiger partial charge in [0.15, 0.2) is 0 Å². The zero-order valence-corrected chi connectivity index (χ0v) is 9.68. The molecule has 0 fully saturated rings. The van der Waals surface area contributed by atoms with Crippen LogP contribution in [0.5, 0.6) is 5.75 Å². The number of methoxy groups -OCH3 is 1. The lowest BCUT2D eigenvalue weighted by atomic mass is 10.1. The maximum atomic E-state index is 11.4. The standard InChI is InChI=1S/C13H13NO3/c1-14(13(16)17-2)11-5-3-10-8-12(15)6-4-9(10)7-11/h3-8,15H,1-2H3. The largest absolute Gasteiger partial charge is 0.508 e. The SMILES string of the molecule is COC(=O)N(C)c1ccc2cc(O)ccc2c1. The van der Waals surface area contributed by atoms with Crippen LogP contribution >= 0.6 is 0 Å². The molecular formula is C13H13NO3. The Hall–Kier alpha value is -2.23. The van der Waals surface area contributed by atoms with E-state index in [1.807, 2.05) is 12.1 Å². The van der Waals surface area contributed by atoms with Crippen molar-refractivity contribution in [2.45, 2.75) is 0 Å². The van der Waals surface area contributed by atoms with E-state index in [0.717, 1.165) is 16.5 Å². The molecule has 0 aliphatic rings. The van der Waals surface area contributed by atoms with Crippen LogP contribution < -0.4 is 4.90 Å². The van der Waals surface area contributed by atoms with E-state index in [0.29, 0.717) is 0 Å². The summed E-state index contributed by atoms with van der Waals surface area (Å²) in [5.74, 6) is 0.228. The summed E-state index contributed by atoms with van der Waals surface area (Å²) in [6, 6.07) is 10.6. The molecule has 0 spiro atoms.